The second kappa shape index (κ2) is 6.11. The molecule has 98 valence electrons. The van der Waals surface area contributed by atoms with Gasteiger partial charge in [0, 0.05) is 12.1 Å². The van der Waals surface area contributed by atoms with Gasteiger partial charge in [0.15, 0.2) is 0 Å². The van der Waals surface area contributed by atoms with Crippen molar-refractivity contribution in [2.24, 2.45) is 5.73 Å². The van der Waals surface area contributed by atoms with Crippen LogP contribution >= 0.6 is 0 Å². The van der Waals surface area contributed by atoms with Gasteiger partial charge in [-0.1, -0.05) is 19.4 Å². The van der Waals surface area contributed by atoms with Crippen LogP contribution in [0.15, 0.2) is 18.2 Å². The molecule has 6 nitrogen and oxygen atoms in total. The number of hydrogen-bond acceptors (Lipinski definition) is 4. The molecule has 6 heteroatoms. The Bertz CT molecular complexity index is 460. The maximum Gasteiger partial charge on any atom is 0.271 e. The van der Waals surface area contributed by atoms with E-state index in [0.717, 1.165) is 12.0 Å². The average molecular weight is 251 g/mol. The Morgan fingerprint density at radius 2 is 2.22 bits per heavy atom. The predicted octanol–water partition coefficient (Wildman–Crippen LogP) is 1.97. The van der Waals surface area contributed by atoms with Crippen LogP contribution in [0, 0.1) is 17.0 Å². The number of carbonyl (C=O) groups is 1. The Kier molecular flexibility index (Phi) is 4.79. The molecule has 0 aliphatic carbocycles. The molecule has 0 unspecified atom stereocenters. The molecule has 1 amide bonds. The highest BCUT2D eigenvalue weighted by Crippen LogP contribution is 2.21. The first-order valence-electron chi connectivity index (χ1n) is 5.77. The summed E-state index contributed by atoms with van der Waals surface area (Å²) in [6.07, 6.45) is 1.39. The van der Waals surface area contributed by atoms with Gasteiger partial charge in [-0.3, -0.25) is 14.9 Å². The number of nitrogens with two attached hydrogens (primary N) is 1. The third-order valence-corrected chi connectivity index (χ3v) is 2.63. The van der Waals surface area contributed by atoms with Gasteiger partial charge in [-0.25, -0.2) is 0 Å². The van der Waals surface area contributed by atoms with Crippen molar-refractivity contribution in [2.75, 3.05) is 5.32 Å². The zero-order chi connectivity index (χ0) is 13.7. The number of non-ortho nitro benzene ring substituents is 1. The quantitative estimate of drug-likeness (QED) is 0.617. The van der Waals surface area contributed by atoms with E-state index in [2.05, 4.69) is 5.32 Å². The smallest absolute Gasteiger partial charge is 0.271 e. The molecule has 0 aliphatic rings. The molecule has 1 atom stereocenters. The largest absolute Gasteiger partial charge is 0.324 e. The van der Waals surface area contributed by atoms with Crippen LogP contribution in [0.4, 0.5) is 11.4 Å². The highest BCUT2D eigenvalue weighted by Gasteiger charge is 2.15. The third kappa shape index (κ3) is 3.53. The summed E-state index contributed by atoms with van der Waals surface area (Å²) in [5, 5.41) is 13.3. The molecule has 1 aromatic carbocycles. The van der Waals surface area contributed by atoms with E-state index in [-0.39, 0.29) is 11.6 Å². The summed E-state index contributed by atoms with van der Waals surface area (Å²) < 4.78 is 0. The van der Waals surface area contributed by atoms with E-state index in [0.29, 0.717) is 12.1 Å². The molecular weight excluding hydrogens is 234 g/mol. The number of hydrogen-bond donors (Lipinski definition) is 2. The number of anilines is 1. The van der Waals surface area contributed by atoms with Crippen LogP contribution in [-0.4, -0.2) is 16.9 Å². The first kappa shape index (κ1) is 14.1. The van der Waals surface area contributed by atoms with Crippen molar-refractivity contribution in [1.29, 1.82) is 0 Å². The molecule has 0 saturated heterocycles. The Labute approximate surface area is 105 Å². The fraction of sp³-hybridized carbons (Fsp3) is 0.417. The van der Waals surface area contributed by atoms with Gasteiger partial charge in [0.1, 0.15) is 0 Å². The van der Waals surface area contributed by atoms with Gasteiger partial charge in [0.05, 0.1) is 16.7 Å². The number of rotatable bonds is 5. The minimum Gasteiger partial charge on any atom is -0.324 e. The van der Waals surface area contributed by atoms with Crippen LogP contribution in [0.3, 0.4) is 0 Å². The number of nitrogens with zero attached hydrogens (tertiary/aromatic N) is 1. The van der Waals surface area contributed by atoms with Gasteiger partial charge in [-0.05, 0) is 18.9 Å². The van der Waals surface area contributed by atoms with E-state index in [4.69, 9.17) is 5.73 Å². The summed E-state index contributed by atoms with van der Waals surface area (Å²) >= 11 is 0. The van der Waals surface area contributed by atoms with Crippen LogP contribution < -0.4 is 11.1 Å². The molecule has 0 radical (unpaired) electrons. The first-order chi connectivity index (χ1) is 8.45. The van der Waals surface area contributed by atoms with Crippen molar-refractivity contribution in [3.05, 3.63) is 33.9 Å². The van der Waals surface area contributed by atoms with Crippen molar-refractivity contribution in [2.45, 2.75) is 32.7 Å². The molecule has 1 rings (SSSR count). The van der Waals surface area contributed by atoms with E-state index in [1.165, 1.54) is 12.1 Å². The van der Waals surface area contributed by atoms with Gasteiger partial charge in [0.2, 0.25) is 5.91 Å². The number of benzene rings is 1. The molecular formula is C12H17N3O3. The van der Waals surface area contributed by atoms with Crippen LogP contribution in [0.1, 0.15) is 25.3 Å². The normalized spacial score (nSPS) is 11.9. The zero-order valence-electron chi connectivity index (χ0n) is 10.5. The fourth-order valence-electron chi connectivity index (χ4n) is 1.53. The van der Waals surface area contributed by atoms with Crippen molar-refractivity contribution >= 4 is 17.3 Å². The number of amides is 1. The molecule has 0 aliphatic heterocycles. The molecule has 0 spiro atoms. The molecule has 0 saturated carbocycles. The van der Waals surface area contributed by atoms with E-state index >= 15 is 0 Å². The SMILES string of the molecule is CCC[C@H](N)C(=O)Nc1cc([N+](=O)[O-])ccc1C. The van der Waals surface area contributed by atoms with E-state index in [1.54, 1.807) is 13.0 Å². The second-order valence-corrected chi connectivity index (χ2v) is 4.14. The lowest BCUT2D eigenvalue weighted by Gasteiger charge is -2.12. The van der Waals surface area contributed by atoms with Gasteiger partial charge in [0.25, 0.3) is 5.69 Å². The summed E-state index contributed by atoms with van der Waals surface area (Å²) in [6, 6.07) is 3.75. The highest BCUT2D eigenvalue weighted by atomic mass is 16.6. The Balaban J connectivity index is 2.86. The van der Waals surface area contributed by atoms with Gasteiger partial charge < -0.3 is 11.1 Å². The Hall–Kier alpha value is -1.95. The summed E-state index contributed by atoms with van der Waals surface area (Å²) in [4.78, 5) is 21.9. The molecule has 0 bridgehead atoms. The number of nitro groups is 1. The number of carbonyl (C=O) groups excluding carboxylic acids is 1. The summed E-state index contributed by atoms with van der Waals surface area (Å²) in [5.41, 5.74) is 6.81. The Morgan fingerprint density at radius 1 is 1.56 bits per heavy atom. The lowest BCUT2D eigenvalue weighted by molar-refractivity contribution is -0.384. The standard InChI is InChI=1S/C12H17N3O3/c1-3-4-10(13)12(16)14-11-7-9(15(17)18)6-5-8(11)2/h5-7,10H,3-4,13H2,1-2H3,(H,14,16)/t10-/m0/s1. The number of nitro benzene ring substituents is 1. The number of aryl methyl sites for hydroxylation is 1. The van der Waals surface area contributed by atoms with Crippen molar-refractivity contribution < 1.29 is 9.72 Å². The third-order valence-electron chi connectivity index (χ3n) is 2.63. The van der Waals surface area contributed by atoms with Crippen molar-refractivity contribution in [3.8, 4) is 0 Å². The maximum absolute atomic E-state index is 11.7. The highest BCUT2D eigenvalue weighted by molar-refractivity contribution is 5.95. The molecule has 0 heterocycles. The molecule has 1 aromatic rings. The van der Waals surface area contributed by atoms with E-state index in [1.807, 2.05) is 6.92 Å². The summed E-state index contributed by atoms with van der Waals surface area (Å²) in [7, 11) is 0. The summed E-state index contributed by atoms with van der Waals surface area (Å²) in [5.74, 6) is -0.319. The minimum absolute atomic E-state index is 0.0556. The van der Waals surface area contributed by atoms with Crippen LogP contribution in [-0.2, 0) is 4.79 Å². The van der Waals surface area contributed by atoms with Gasteiger partial charge >= 0.3 is 0 Å². The van der Waals surface area contributed by atoms with Crippen LogP contribution in [0.2, 0.25) is 0 Å². The maximum atomic E-state index is 11.7. The molecule has 18 heavy (non-hydrogen) atoms. The molecule has 3 N–H and O–H groups in total. The lowest BCUT2D eigenvalue weighted by atomic mass is 10.1. The zero-order valence-corrected chi connectivity index (χ0v) is 10.5. The minimum atomic E-state index is -0.589. The van der Waals surface area contributed by atoms with Crippen molar-refractivity contribution in [3.63, 3.8) is 0 Å². The average Bonchev–Trinajstić information content (AvgIpc) is 2.31. The van der Waals surface area contributed by atoms with Gasteiger partial charge in [-0.2, -0.15) is 0 Å². The predicted molar refractivity (Wildman–Crippen MR) is 69.3 cm³/mol. The van der Waals surface area contributed by atoms with E-state index < -0.39 is 11.0 Å². The van der Waals surface area contributed by atoms with Crippen LogP contribution in [0.5, 0.6) is 0 Å². The topological polar surface area (TPSA) is 98.3 Å². The summed E-state index contributed by atoms with van der Waals surface area (Å²) in [6.45, 7) is 3.70. The Morgan fingerprint density at radius 3 is 2.78 bits per heavy atom. The molecule has 0 fully saturated rings. The monoisotopic (exact) mass is 251 g/mol. The molecule has 0 aromatic heterocycles. The van der Waals surface area contributed by atoms with Gasteiger partial charge in [-0.15, -0.1) is 0 Å². The van der Waals surface area contributed by atoms with Crippen LogP contribution in [0.25, 0.3) is 0 Å². The first-order valence-corrected chi connectivity index (χ1v) is 5.77. The van der Waals surface area contributed by atoms with E-state index in [9.17, 15) is 14.9 Å². The fourth-order valence-corrected chi connectivity index (χ4v) is 1.53. The number of nitrogens with one attached hydrogen (secondary N) is 1. The van der Waals surface area contributed by atoms with Crippen molar-refractivity contribution in [1.82, 2.24) is 0 Å². The second-order valence-electron chi connectivity index (χ2n) is 4.14. The lowest BCUT2D eigenvalue weighted by Crippen LogP contribution is -2.35.